The molecule has 0 radical (unpaired) electrons. The van der Waals surface area contributed by atoms with Gasteiger partial charge >= 0.3 is 0 Å². The van der Waals surface area contributed by atoms with Crippen molar-refractivity contribution in [2.45, 2.75) is 45.1 Å². The highest BCUT2D eigenvalue weighted by molar-refractivity contribution is 5.95. The minimum absolute atomic E-state index is 0.0288. The number of methoxy groups -OCH3 is 2. The molecule has 1 amide bonds. The summed E-state index contributed by atoms with van der Waals surface area (Å²) >= 11 is 0. The molecule has 2 rings (SSSR count). The molecule has 1 aromatic rings. The molecule has 1 saturated carbocycles. The largest absolute Gasteiger partial charge is 0.496 e. The second-order valence-electron chi connectivity index (χ2n) is 6.22. The van der Waals surface area contributed by atoms with Crippen LogP contribution in [0.5, 0.6) is 11.5 Å². The van der Waals surface area contributed by atoms with Crippen LogP contribution in [0.25, 0.3) is 0 Å². The fraction of sp³-hybridized carbons (Fsp3) is 0.611. The van der Waals surface area contributed by atoms with E-state index in [9.17, 15) is 4.79 Å². The first kappa shape index (κ1) is 17.6. The Kier molecular flexibility index (Phi) is 6.28. The van der Waals surface area contributed by atoms with Crippen LogP contribution in [0.3, 0.4) is 0 Å². The van der Waals surface area contributed by atoms with Crippen molar-refractivity contribution in [2.75, 3.05) is 20.8 Å². The molecule has 128 valence electrons. The SMILES string of the molecule is COc1cc(C(=O)NC(CN)C2CCCCC2)cc(OC)c1C. The first-order valence-corrected chi connectivity index (χ1v) is 8.34. The summed E-state index contributed by atoms with van der Waals surface area (Å²) in [5.41, 5.74) is 7.33. The Morgan fingerprint density at radius 1 is 1.22 bits per heavy atom. The van der Waals surface area contributed by atoms with Crippen LogP contribution in [-0.4, -0.2) is 32.7 Å². The van der Waals surface area contributed by atoms with Crippen molar-refractivity contribution in [1.29, 1.82) is 0 Å². The van der Waals surface area contributed by atoms with Gasteiger partial charge in [0.1, 0.15) is 11.5 Å². The van der Waals surface area contributed by atoms with Crippen molar-refractivity contribution in [3.63, 3.8) is 0 Å². The maximum Gasteiger partial charge on any atom is 0.251 e. The molecule has 1 aliphatic rings. The number of carbonyl (C=O) groups is 1. The molecule has 0 aromatic heterocycles. The van der Waals surface area contributed by atoms with Gasteiger partial charge in [0.2, 0.25) is 0 Å². The molecule has 0 saturated heterocycles. The lowest BCUT2D eigenvalue weighted by Crippen LogP contribution is -2.45. The van der Waals surface area contributed by atoms with Gasteiger partial charge in [-0.1, -0.05) is 19.3 Å². The molecule has 1 atom stereocenters. The van der Waals surface area contributed by atoms with Crippen LogP contribution < -0.4 is 20.5 Å². The number of rotatable bonds is 6. The molecule has 5 heteroatoms. The lowest BCUT2D eigenvalue weighted by Gasteiger charge is -2.30. The number of amides is 1. The van der Waals surface area contributed by atoms with Gasteiger partial charge < -0.3 is 20.5 Å². The molecule has 0 heterocycles. The van der Waals surface area contributed by atoms with Gasteiger partial charge in [-0.3, -0.25) is 4.79 Å². The van der Waals surface area contributed by atoms with E-state index in [1.54, 1.807) is 26.4 Å². The summed E-state index contributed by atoms with van der Waals surface area (Å²) < 4.78 is 10.7. The molecule has 1 aliphatic carbocycles. The summed E-state index contributed by atoms with van der Waals surface area (Å²) in [7, 11) is 3.18. The Bertz CT molecular complexity index is 514. The molecule has 0 bridgehead atoms. The van der Waals surface area contributed by atoms with Gasteiger partial charge in [0.15, 0.2) is 0 Å². The standard InChI is InChI=1S/C18H28N2O3/c1-12-16(22-2)9-14(10-17(12)23-3)18(21)20-15(11-19)13-7-5-4-6-8-13/h9-10,13,15H,4-8,11,19H2,1-3H3,(H,20,21). The fourth-order valence-corrected chi connectivity index (χ4v) is 3.37. The van der Waals surface area contributed by atoms with Crippen molar-refractivity contribution >= 4 is 5.91 Å². The van der Waals surface area contributed by atoms with Crippen molar-refractivity contribution in [3.8, 4) is 11.5 Å². The number of ether oxygens (including phenoxy) is 2. The minimum Gasteiger partial charge on any atom is -0.496 e. The molecule has 1 aromatic carbocycles. The second kappa shape index (κ2) is 8.20. The first-order valence-electron chi connectivity index (χ1n) is 8.34. The normalized spacial score (nSPS) is 16.7. The quantitative estimate of drug-likeness (QED) is 0.845. The summed E-state index contributed by atoms with van der Waals surface area (Å²) in [4.78, 5) is 12.6. The molecule has 5 nitrogen and oxygen atoms in total. The molecular weight excluding hydrogens is 292 g/mol. The summed E-state index contributed by atoms with van der Waals surface area (Å²) in [6.45, 7) is 2.38. The van der Waals surface area contributed by atoms with Gasteiger partial charge in [0.05, 0.1) is 14.2 Å². The number of hydrogen-bond donors (Lipinski definition) is 2. The lowest BCUT2D eigenvalue weighted by molar-refractivity contribution is 0.0915. The van der Waals surface area contributed by atoms with Crippen molar-refractivity contribution in [1.82, 2.24) is 5.32 Å². The van der Waals surface area contributed by atoms with Gasteiger partial charge in [0, 0.05) is 23.7 Å². The predicted octanol–water partition coefficient (Wildman–Crippen LogP) is 2.65. The van der Waals surface area contributed by atoms with Crippen LogP contribution in [0.2, 0.25) is 0 Å². The Labute approximate surface area is 138 Å². The van der Waals surface area contributed by atoms with Gasteiger partial charge in [-0.25, -0.2) is 0 Å². The van der Waals surface area contributed by atoms with Crippen molar-refractivity contribution in [2.24, 2.45) is 11.7 Å². The van der Waals surface area contributed by atoms with E-state index in [1.165, 1.54) is 19.3 Å². The van der Waals surface area contributed by atoms with E-state index < -0.39 is 0 Å². The molecule has 1 fully saturated rings. The Balaban J connectivity index is 2.15. The monoisotopic (exact) mass is 320 g/mol. The zero-order valence-corrected chi connectivity index (χ0v) is 14.4. The van der Waals surface area contributed by atoms with Gasteiger partial charge in [-0.2, -0.15) is 0 Å². The average molecular weight is 320 g/mol. The smallest absolute Gasteiger partial charge is 0.251 e. The van der Waals surface area contributed by atoms with E-state index in [0.717, 1.165) is 18.4 Å². The number of carbonyl (C=O) groups excluding carboxylic acids is 1. The highest BCUT2D eigenvalue weighted by atomic mass is 16.5. The van der Waals surface area contributed by atoms with Crippen molar-refractivity contribution in [3.05, 3.63) is 23.3 Å². The maximum absolute atomic E-state index is 12.6. The summed E-state index contributed by atoms with van der Waals surface area (Å²) in [5.74, 6) is 1.66. The van der Waals surface area contributed by atoms with Gasteiger partial charge in [-0.05, 0) is 37.8 Å². The van der Waals surface area contributed by atoms with Crippen molar-refractivity contribution < 1.29 is 14.3 Å². The van der Waals surface area contributed by atoms with Crippen LogP contribution in [0.4, 0.5) is 0 Å². The highest BCUT2D eigenvalue weighted by Gasteiger charge is 2.25. The number of benzene rings is 1. The number of nitrogens with one attached hydrogen (secondary N) is 1. The third-order valence-electron chi connectivity index (χ3n) is 4.80. The van der Waals surface area contributed by atoms with E-state index >= 15 is 0 Å². The van der Waals surface area contributed by atoms with Gasteiger partial charge in [0.25, 0.3) is 5.91 Å². The average Bonchev–Trinajstić information content (AvgIpc) is 2.60. The predicted molar refractivity (Wildman–Crippen MR) is 91.2 cm³/mol. The topological polar surface area (TPSA) is 73.6 Å². The summed E-state index contributed by atoms with van der Waals surface area (Å²) in [5, 5.41) is 3.10. The maximum atomic E-state index is 12.6. The first-order chi connectivity index (χ1) is 11.1. The molecule has 0 aliphatic heterocycles. The van der Waals surface area contributed by atoms with E-state index in [0.29, 0.717) is 29.5 Å². The number of nitrogens with two attached hydrogens (primary N) is 1. The van der Waals surface area contributed by atoms with Crippen LogP contribution in [0.1, 0.15) is 48.0 Å². The fourth-order valence-electron chi connectivity index (χ4n) is 3.37. The zero-order chi connectivity index (χ0) is 16.8. The third kappa shape index (κ3) is 4.16. The summed E-state index contributed by atoms with van der Waals surface area (Å²) in [6, 6.07) is 3.53. The minimum atomic E-state index is -0.123. The van der Waals surface area contributed by atoms with Gasteiger partial charge in [-0.15, -0.1) is 0 Å². The third-order valence-corrected chi connectivity index (χ3v) is 4.80. The molecule has 23 heavy (non-hydrogen) atoms. The number of hydrogen-bond acceptors (Lipinski definition) is 4. The van der Waals surface area contributed by atoms with E-state index in [1.807, 2.05) is 6.92 Å². The zero-order valence-electron chi connectivity index (χ0n) is 14.4. The Hall–Kier alpha value is -1.75. The molecule has 0 spiro atoms. The molecule has 3 N–H and O–H groups in total. The molecular formula is C18H28N2O3. The summed E-state index contributed by atoms with van der Waals surface area (Å²) in [6.07, 6.45) is 6.02. The van der Waals surface area contributed by atoms with Crippen LogP contribution in [0, 0.1) is 12.8 Å². The van der Waals surface area contributed by atoms with Crippen LogP contribution in [-0.2, 0) is 0 Å². The Morgan fingerprint density at radius 2 is 1.78 bits per heavy atom. The van der Waals surface area contributed by atoms with E-state index in [-0.39, 0.29) is 11.9 Å². The molecule has 1 unspecified atom stereocenters. The lowest BCUT2D eigenvalue weighted by atomic mass is 9.84. The second-order valence-corrected chi connectivity index (χ2v) is 6.22. The van der Waals surface area contributed by atoms with Crippen LogP contribution >= 0.6 is 0 Å². The highest BCUT2D eigenvalue weighted by Crippen LogP contribution is 2.30. The van der Waals surface area contributed by atoms with E-state index in [2.05, 4.69) is 5.32 Å². The Morgan fingerprint density at radius 3 is 2.26 bits per heavy atom. The van der Waals surface area contributed by atoms with Crippen LogP contribution in [0.15, 0.2) is 12.1 Å². The van der Waals surface area contributed by atoms with E-state index in [4.69, 9.17) is 15.2 Å².